The van der Waals surface area contributed by atoms with Crippen LogP contribution in [0, 0.1) is 17.1 Å². The van der Waals surface area contributed by atoms with Crippen LogP contribution in [0.3, 0.4) is 0 Å². The molecule has 1 fully saturated rings. The fourth-order valence-electron chi connectivity index (χ4n) is 2.13. The van der Waals surface area contributed by atoms with Crippen molar-refractivity contribution in [3.8, 4) is 6.07 Å². The highest BCUT2D eigenvalue weighted by Gasteiger charge is 2.29. The minimum atomic E-state index is -4.07. The Morgan fingerprint density at radius 3 is 2.48 bits per heavy atom. The van der Waals surface area contributed by atoms with Crippen molar-refractivity contribution in [1.29, 1.82) is 5.26 Å². The zero-order valence-electron chi connectivity index (χ0n) is 10.9. The highest BCUT2D eigenvalue weighted by Crippen LogP contribution is 2.20. The molecule has 9 heteroatoms. The number of benzene rings is 1. The van der Waals surface area contributed by atoms with E-state index in [0.29, 0.717) is 0 Å². The molecule has 0 aromatic heterocycles. The molecule has 1 aliphatic rings. The molecular formula is C12H13FN2O4S2. The zero-order chi connectivity index (χ0) is 15.7. The number of rotatable bonds is 3. The molecule has 114 valence electrons. The van der Waals surface area contributed by atoms with Crippen LogP contribution >= 0.6 is 0 Å². The van der Waals surface area contributed by atoms with E-state index in [0.717, 1.165) is 12.1 Å². The van der Waals surface area contributed by atoms with Gasteiger partial charge in [0.25, 0.3) is 0 Å². The van der Waals surface area contributed by atoms with E-state index in [1.54, 1.807) is 0 Å². The van der Waals surface area contributed by atoms with E-state index in [-0.39, 0.29) is 24.3 Å². The summed E-state index contributed by atoms with van der Waals surface area (Å²) in [5.74, 6) is -1.09. The zero-order valence-corrected chi connectivity index (χ0v) is 12.5. The van der Waals surface area contributed by atoms with Crippen molar-refractivity contribution in [3.63, 3.8) is 0 Å². The molecule has 0 unspecified atom stereocenters. The van der Waals surface area contributed by atoms with Gasteiger partial charge in [0.2, 0.25) is 10.0 Å². The molecule has 2 rings (SSSR count). The van der Waals surface area contributed by atoms with Gasteiger partial charge in [0.15, 0.2) is 0 Å². The summed E-state index contributed by atoms with van der Waals surface area (Å²) in [5.41, 5.74) is -0.548. The number of nitriles is 1. The van der Waals surface area contributed by atoms with Gasteiger partial charge in [-0.3, -0.25) is 0 Å². The van der Waals surface area contributed by atoms with Crippen LogP contribution in [-0.4, -0.2) is 34.4 Å². The molecule has 1 aromatic carbocycles. The Labute approximate surface area is 122 Å². The fourth-order valence-corrected chi connectivity index (χ4v) is 5.09. The third kappa shape index (κ3) is 3.58. The van der Waals surface area contributed by atoms with E-state index >= 15 is 0 Å². The number of halogens is 1. The quantitative estimate of drug-likeness (QED) is 0.870. The summed E-state index contributed by atoms with van der Waals surface area (Å²) < 4.78 is 62.9. The van der Waals surface area contributed by atoms with Crippen LogP contribution in [-0.2, 0) is 19.9 Å². The lowest BCUT2D eigenvalue weighted by atomic mass is 10.2. The summed E-state index contributed by atoms with van der Waals surface area (Å²) in [5, 5.41) is 8.88. The van der Waals surface area contributed by atoms with Crippen molar-refractivity contribution < 1.29 is 21.2 Å². The molecule has 1 aliphatic heterocycles. The van der Waals surface area contributed by atoms with E-state index in [1.165, 1.54) is 12.1 Å². The Hall–Kier alpha value is -1.50. The number of hydrogen-bond donors (Lipinski definition) is 1. The number of sulfone groups is 1. The molecule has 0 atom stereocenters. The number of nitrogens with zero attached hydrogens (tertiary/aromatic N) is 1. The average Bonchev–Trinajstić information content (AvgIpc) is 2.41. The van der Waals surface area contributed by atoms with Gasteiger partial charge in [0, 0.05) is 6.04 Å². The first kappa shape index (κ1) is 15.9. The topological polar surface area (TPSA) is 104 Å². The monoisotopic (exact) mass is 332 g/mol. The summed E-state index contributed by atoms with van der Waals surface area (Å²) in [6, 6.07) is 4.35. The van der Waals surface area contributed by atoms with E-state index in [2.05, 4.69) is 4.72 Å². The summed E-state index contributed by atoms with van der Waals surface area (Å²) in [6.07, 6.45) is 0.331. The predicted octanol–water partition coefficient (Wildman–Crippen LogP) is 0.553. The van der Waals surface area contributed by atoms with E-state index < -0.39 is 42.2 Å². The SMILES string of the molecule is N#Cc1c(F)cccc1S(=O)(=O)NC1CCS(=O)(=O)CC1. The van der Waals surface area contributed by atoms with Crippen molar-refractivity contribution in [2.75, 3.05) is 11.5 Å². The summed E-state index contributed by atoms with van der Waals surface area (Å²) in [4.78, 5) is -0.432. The molecule has 0 amide bonds. The summed E-state index contributed by atoms with van der Waals surface area (Å²) in [7, 11) is -7.17. The largest absolute Gasteiger partial charge is 0.242 e. The Kier molecular flexibility index (Phi) is 4.32. The van der Waals surface area contributed by atoms with Crippen LogP contribution in [0.1, 0.15) is 18.4 Å². The smallest absolute Gasteiger partial charge is 0.229 e. The van der Waals surface area contributed by atoms with Crippen molar-refractivity contribution in [2.24, 2.45) is 0 Å². The maximum atomic E-state index is 13.5. The first-order valence-electron chi connectivity index (χ1n) is 6.16. The highest BCUT2D eigenvalue weighted by molar-refractivity contribution is 7.91. The standard InChI is InChI=1S/C12H13FN2O4S2/c13-11-2-1-3-12(10(11)8-14)21(18,19)15-9-4-6-20(16,17)7-5-9/h1-3,9,15H,4-7H2. The van der Waals surface area contributed by atoms with Gasteiger partial charge in [-0.1, -0.05) is 6.07 Å². The van der Waals surface area contributed by atoms with Crippen LogP contribution < -0.4 is 4.72 Å². The lowest BCUT2D eigenvalue weighted by molar-refractivity contribution is 0.504. The van der Waals surface area contributed by atoms with E-state index in [1.807, 2.05) is 0 Å². The van der Waals surface area contributed by atoms with E-state index in [9.17, 15) is 21.2 Å². The van der Waals surface area contributed by atoms with Gasteiger partial charge < -0.3 is 0 Å². The van der Waals surface area contributed by atoms with Gasteiger partial charge in [-0.2, -0.15) is 5.26 Å². The Morgan fingerprint density at radius 1 is 1.29 bits per heavy atom. The van der Waals surface area contributed by atoms with Crippen LogP contribution in [0.2, 0.25) is 0 Å². The van der Waals surface area contributed by atoms with Gasteiger partial charge in [-0.05, 0) is 25.0 Å². The van der Waals surface area contributed by atoms with Crippen molar-refractivity contribution in [2.45, 2.75) is 23.8 Å². The van der Waals surface area contributed by atoms with E-state index in [4.69, 9.17) is 5.26 Å². The average molecular weight is 332 g/mol. The number of nitrogens with one attached hydrogen (secondary N) is 1. The minimum absolute atomic E-state index is 0.0888. The Bertz CT molecular complexity index is 783. The van der Waals surface area contributed by atoms with Gasteiger partial charge in [-0.25, -0.2) is 25.9 Å². The van der Waals surface area contributed by atoms with Crippen LogP contribution in [0.15, 0.2) is 23.1 Å². The normalized spacial score (nSPS) is 19.0. The van der Waals surface area contributed by atoms with Crippen LogP contribution in [0.25, 0.3) is 0 Å². The number of sulfonamides is 1. The molecule has 0 aliphatic carbocycles. The van der Waals surface area contributed by atoms with Gasteiger partial charge in [0.05, 0.1) is 11.5 Å². The third-order valence-electron chi connectivity index (χ3n) is 3.25. The third-order valence-corrected chi connectivity index (χ3v) is 6.53. The first-order chi connectivity index (χ1) is 9.75. The van der Waals surface area contributed by atoms with Gasteiger partial charge >= 0.3 is 0 Å². The summed E-state index contributed by atoms with van der Waals surface area (Å²) in [6.45, 7) is 0. The van der Waals surface area contributed by atoms with Crippen LogP contribution in [0.5, 0.6) is 0 Å². The summed E-state index contributed by atoms with van der Waals surface area (Å²) >= 11 is 0. The molecule has 1 heterocycles. The fraction of sp³-hybridized carbons (Fsp3) is 0.417. The molecule has 1 N–H and O–H groups in total. The lowest BCUT2D eigenvalue weighted by Crippen LogP contribution is -2.41. The molecule has 0 bridgehead atoms. The molecule has 0 radical (unpaired) electrons. The molecule has 0 saturated carbocycles. The maximum Gasteiger partial charge on any atom is 0.242 e. The van der Waals surface area contributed by atoms with Crippen molar-refractivity contribution in [1.82, 2.24) is 4.72 Å². The predicted molar refractivity (Wildman–Crippen MR) is 73.1 cm³/mol. The molecule has 1 aromatic rings. The molecule has 21 heavy (non-hydrogen) atoms. The molecule has 6 nitrogen and oxygen atoms in total. The second-order valence-electron chi connectivity index (χ2n) is 4.77. The van der Waals surface area contributed by atoms with Gasteiger partial charge in [-0.15, -0.1) is 0 Å². The minimum Gasteiger partial charge on any atom is -0.229 e. The van der Waals surface area contributed by atoms with Gasteiger partial charge in [0.1, 0.15) is 32.2 Å². The van der Waals surface area contributed by atoms with Crippen LogP contribution in [0.4, 0.5) is 4.39 Å². The lowest BCUT2D eigenvalue weighted by Gasteiger charge is -2.23. The number of hydrogen-bond acceptors (Lipinski definition) is 5. The second kappa shape index (κ2) is 5.71. The highest BCUT2D eigenvalue weighted by atomic mass is 32.2. The Balaban J connectivity index is 2.25. The second-order valence-corrected chi connectivity index (χ2v) is 8.76. The first-order valence-corrected chi connectivity index (χ1v) is 9.47. The molecule has 1 saturated heterocycles. The van der Waals surface area contributed by atoms with Crippen molar-refractivity contribution in [3.05, 3.63) is 29.6 Å². The Morgan fingerprint density at radius 2 is 1.90 bits per heavy atom. The molecule has 0 spiro atoms. The molecular weight excluding hydrogens is 319 g/mol. The maximum absolute atomic E-state index is 13.5. The van der Waals surface area contributed by atoms with Crippen molar-refractivity contribution >= 4 is 19.9 Å².